The maximum absolute atomic E-state index is 13.0. The number of carbonyl (C=O) groups excluding carboxylic acids is 1. The number of amides is 1. The number of quaternary nitrogens is 1. The van der Waals surface area contributed by atoms with Gasteiger partial charge in [0.15, 0.2) is 6.04 Å². The topological polar surface area (TPSA) is 33.5 Å². The molecule has 0 spiro atoms. The Balaban J connectivity index is 2.01. The summed E-state index contributed by atoms with van der Waals surface area (Å²) in [5.74, 6) is -0.622. The monoisotopic (exact) mass is 355 g/mol. The number of hydrogen-bond acceptors (Lipinski definition) is 1. The van der Waals surface area contributed by atoms with Gasteiger partial charge in [0.2, 0.25) is 0 Å². The summed E-state index contributed by atoms with van der Waals surface area (Å²) >= 11 is 11.9. The van der Waals surface area contributed by atoms with E-state index in [9.17, 15) is 9.18 Å². The largest absolute Gasteiger partial charge is 0.324 e. The molecule has 6 heteroatoms. The van der Waals surface area contributed by atoms with Crippen molar-refractivity contribution in [3.05, 3.63) is 63.9 Å². The predicted molar refractivity (Wildman–Crippen MR) is 91.5 cm³/mol. The Kier molecular flexibility index (Phi) is 5.99. The number of halogens is 3. The molecule has 0 saturated heterocycles. The molecule has 0 aliphatic carbocycles. The van der Waals surface area contributed by atoms with E-state index in [-0.39, 0.29) is 17.0 Å². The Hall–Kier alpha value is -1.62. The van der Waals surface area contributed by atoms with E-state index in [1.54, 1.807) is 0 Å². The zero-order chi connectivity index (χ0) is 17.0. The molecular weight excluding hydrogens is 338 g/mol. The quantitative estimate of drug-likeness (QED) is 0.848. The minimum atomic E-state index is -0.440. The van der Waals surface area contributed by atoms with E-state index < -0.39 is 5.82 Å². The summed E-state index contributed by atoms with van der Waals surface area (Å²) in [6.07, 6.45) is 0. The summed E-state index contributed by atoms with van der Waals surface area (Å²) < 4.78 is 13.0. The number of anilines is 1. The molecule has 0 radical (unpaired) electrons. The fourth-order valence-corrected chi connectivity index (χ4v) is 2.60. The molecular formula is C17H18Cl2FN2O+. The molecule has 1 amide bonds. The maximum Gasteiger partial charge on any atom is 0.282 e. The average molecular weight is 356 g/mol. The van der Waals surface area contributed by atoms with Crippen molar-refractivity contribution in [2.45, 2.75) is 19.5 Å². The van der Waals surface area contributed by atoms with Gasteiger partial charge in [-0.2, -0.15) is 0 Å². The van der Waals surface area contributed by atoms with Gasteiger partial charge in [0.25, 0.3) is 5.91 Å². The molecule has 1 unspecified atom stereocenters. The summed E-state index contributed by atoms with van der Waals surface area (Å²) in [6, 6.07) is 11.1. The lowest BCUT2D eigenvalue weighted by molar-refractivity contribution is -0.907. The van der Waals surface area contributed by atoms with Gasteiger partial charge < -0.3 is 10.2 Å². The van der Waals surface area contributed by atoms with Crippen molar-refractivity contribution in [1.29, 1.82) is 0 Å². The molecule has 23 heavy (non-hydrogen) atoms. The van der Waals surface area contributed by atoms with Gasteiger partial charge in [-0.3, -0.25) is 4.79 Å². The van der Waals surface area contributed by atoms with Crippen molar-refractivity contribution in [3.8, 4) is 0 Å². The zero-order valence-corrected chi connectivity index (χ0v) is 14.4. The molecule has 2 aromatic rings. The Labute approximate surface area is 145 Å². The van der Waals surface area contributed by atoms with Crippen LogP contribution in [0.3, 0.4) is 0 Å². The van der Waals surface area contributed by atoms with Crippen LogP contribution >= 0.6 is 23.2 Å². The van der Waals surface area contributed by atoms with Crippen LogP contribution < -0.4 is 10.2 Å². The predicted octanol–water partition coefficient (Wildman–Crippen LogP) is 3.17. The van der Waals surface area contributed by atoms with Crippen LogP contribution in [0.25, 0.3) is 0 Å². The Morgan fingerprint density at radius 2 is 2.00 bits per heavy atom. The molecule has 2 rings (SSSR count). The van der Waals surface area contributed by atoms with Crippen molar-refractivity contribution in [2.24, 2.45) is 0 Å². The molecule has 2 aromatic carbocycles. The highest BCUT2D eigenvalue weighted by molar-refractivity contribution is 6.33. The molecule has 3 nitrogen and oxygen atoms in total. The molecule has 2 N–H and O–H groups in total. The molecule has 0 saturated carbocycles. The van der Waals surface area contributed by atoms with E-state index in [1.807, 2.05) is 38.2 Å². The van der Waals surface area contributed by atoms with Gasteiger partial charge in [0.1, 0.15) is 12.4 Å². The summed E-state index contributed by atoms with van der Waals surface area (Å²) in [6.45, 7) is 2.49. The van der Waals surface area contributed by atoms with Crippen molar-refractivity contribution in [1.82, 2.24) is 0 Å². The van der Waals surface area contributed by atoms with Crippen LogP contribution in [0.5, 0.6) is 0 Å². The van der Waals surface area contributed by atoms with Crippen LogP contribution in [0, 0.1) is 5.82 Å². The fourth-order valence-electron chi connectivity index (χ4n) is 2.18. The van der Waals surface area contributed by atoms with Crippen molar-refractivity contribution >= 4 is 34.8 Å². The number of rotatable bonds is 5. The van der Waals surface area contributed by atoms with Gasteiger partial charge in [-0.05, 0) is 37.3 Å². The van der Waals surface area contributed by atoms with Crippen LogP contribution in [0.15, 0.2) is 42.5 Å². The second-order valence-electron chi connectivity index (χ2n) is 5.49. The molecule has 122 valence electrons. The highest BCUT2D eigenvalue weighted by Gasteiger charge is 2.22. The number of likely N-dealkylation sites (N-methyl/N-ethyl adjacent to an activating group) is 1. The number of benzene rings is 2. The summed E-state index contributed by atoms with van der Waals surface area (Å²) in [5, 5.41) is 3.58. The first-order chi connectivity index (χ1) is 10.9. The summed E-state index contributed by atoms with van der Waals surface area (Å²) in [5.41, 5.74) is 1.45. The number of carbonyl (C=O) groups is 1. The Morgan fingerprint density at radius 3 is 2.65 bits per heavy atom. The van der Waals surface area contributed by atoms with Gasteiger partial charge in [0.05, 0.1) is 17.8 Å². The van der Waals surface area contributed by atoms with Crippen LogP contribution in [0.4, 0.5) is 10.1 Å². The van der Waals surface area contributed by atoms with Crippen molar-refractivity contribution in [3.63, 3.8) is 0 Å². The van der Waals surface area contributed by atoms with E-state index in [4.69, 9.17) is 23.2 Å². The standard InChI is InChI=1S/C17H17Cl2FN2O/c1-11(22(2)10-12-4-3-5-13(18)8-12)17(23)21-16-7-6-14(20)9-15(16)19/h3-9,11H,10H2,1-2H3,(H,21,23)/p+1/t11-/m0/s1. The first-order valence-corrected chi connectivity index (χ1v) is 7.95. The third kappa shape index (κ3) is 4.93. The first-order valence-electron chi connectivity index (χ1n) is 7.19. The highest BCUT2D eigenvalue weighted by Crippen LogP contribution is 2.22. The SMILES string of the molecule is C[C@@H](C(=O)Nc1ccc(F)cc1Cl)[NH+](C)Cc1cccc(Cl)c1. The van der Waals surface area contributed by atoms with Crippen LogP contribution in [-0.4, -0.2) is 19.0 Å². The van der Waals surface area contributed by atoms with Gasteiger partial charge in [-0.1, -0.05) is 35.3 Å². The number of nitrogens with one attached hydrogen (secondary N) is 2. The Bertz CT molecular complexity index is 709. The highest BCUT2D eigenvalue weighted by atomic mass is 35.5. The first kappa shape index (κ1) is 17.7. The lowest BCUT2D eigenvalue weighted by Crippen LogP contribution is -3.12. The van der Waals surface area contributed by atoms with Crippen LogP contribution in [0.1, 0.15) is 12.5 Å². The lowest BCUT2D eigenvalue weighted by atomic mass is 10.2. The molecule has 0 heterocycles. The molecule has 0 bridgehead atoms. The number of hydrogen-bond donors (Lipinski definition) is 2. The van der Waals surface area contributed by atoms with Crippen LogP contribution in [-0.2, 0) is 11.3 Å². The molecule has 2 atom stereocenters. The second kappa shape index (κ2) is 7.77. The van der Waals surface area contributed by atoms with Crippen molar-refractivity contribution in [2.75, 3.05) is 12.4 Å². The third-order valence-electron chi connectivity index (χ3n) is 3.69. The maximum atomic E-state index is 13.0. The zero-order valence-electron chi connectivity index (χ0n) is 12.9. The van der Waals surface area contributed by atoms with E-state index in [0.29, 0.717) is 17.3 Å². The van der Waals surface area contributed by atoms with Crippen molar-refractivity contribution < 1.29 is 14.1 Å². The van der Waals surface area contributed by atoms with Gasteiger partial charge in [0, 0.05) is 10.6 Å². The van der Waals surface area contributed by atoms with E-state index in [0.717, 1.165) is 10.5 Å². The molecule has 0 aliphatic rings. The summed E-state index contributed by atoms with van der Waals surface area (Å²) in [4.78, 5) is 13.3. The normalized spacial score (nSPS) is 13.4. The molecule has 0 aromatic heterocycles. The average Bonchev–Trinajstić information content (AvgIpc) is 2.49. The van der Waals surface area contributed by atoms with Gasteiger partial charge in [-0.25, -0.2) is 4.39 Å². The van der Waals surface area contributed by atoms with E-state index >= 15 is 0 Å². The minimum Gasteiger partial charge on any atom is -0.324 e. The third-order valence-corrected chi connectivity index (χ3v) is 4.24. The minimum absolute atomic E-state index is 0.179. The molecule has 0 fully saturated rings. The van der Waals surface area contributed by atoms with E-state index in [2.05, 4.69) is 5.32 Å². The van der Waals surface area contributed by atoms with Gasteiger partial charge >= 0.3 is 0 Å². The molecule has 0 aliphatic heterocycles. The lowest BCUT2D eigenvalue weighted by Gasteiger charge is -2.21. The Morgan fingerprint density at radius 1 is 1.26 bits per heavy atom. The van der Waals surface area contributed by atoms with E-state index in [1.165, 1.54) is 18.2 Å². The smallest absolute Gasteiger partial charge is 0.282 e. The second-order valence-corrected chi connectivity index (χ2v) is 6.33. The van der Waals surface area contributed by atoms with Crippen LogP contribution in [0.2, 0.25) is 10.0 Å². The van der Waals surface area contributed by atoms with Gasteiger partial charge in [-0.15, -0.1) is 0 Å². The fraction of sp³-hybridized carbons (Fsp3) is 0.235. The summed E-state index contributed by atoms with van der Waals surface area (Å²) in [7, 11) is 1.93.